The summed E-state index contributed by atoms with van der Waals surface area (Å²) in [6.45, 7) is -0.573. The van der Waals surface area contributed by atoms with Crippen molar-refractivity contribution < 1.29 is 23.9 Å². The Balaban J connectivity index is 1.76. The molecule has 1 aliphatic rings. The van der Waals surface area contributed by atoms with Crippen LogP contribution in [-0.4, -0.2) is 54.8 Å². The second-order valence-electron chi connectivity index (χ2n) is 6.13. The normalized spacial score (nSPS) is 12.4. The number of nitrogens with zero attached hydrogens (tertiary/aromatic N) is 2. The number of carbonyl (C=O) groups is 4. The predicted molar refractivity (Wildman–Crippen MR) is 94.4 cm³/mol. The number of hydrogen-bond donors (Lipinski definition) is 2. The molecule has 0 aromatic heterocycles. The van der Waals surface area contributed by atoms with E-state index in [0.717, 1.165) is 12.8 Å². The van der Waals surface area contributed by atoms with Crippen molar-refractivity contribution in [1.29, 1.82) is 5.26 Å². The Labute approximate surface area is 156 Å². The zero-order chi connectivity index (χ0) is 19.8. The molecule has 9 heteroatoms. The maximum atomic E-state index is 12.0. The minimum absolute atomic E-state index is 0.0933. The van der Waals surface area contributed by atoms with Crippen LogP contribution in [0.15, 0.2) is 24.3 Å². The number of nitriles is 1. The number of nitrogens with one attached hydrogen (secondary N) is 2. The average Bonchev–Trinajstić information content (AvgIpc) is 3.43. The summed E-state index contributed by atoms with van der Waals surface area (Å²) in [4.78, 5) is 48.1. The van der Waals surface area contributed by atoms with Gasteiger partial charge in [-0.05, 0) is 37.1 Å². The Bertz CT molecular complexity index is 765. The van der Waals surface area contributed by atoms with Gasteiger partial charge in [-0.3, -0.25) is 14.4 Å². The molecule has 0 bridgehead atoms. The monoisotopic (exact) mass is 372 g/mol. The number of carbonyl (C=O) groups excluding carboxylic acids is 4. The summed E-state index contributed by atoms with van der Waals surface area (Å²) in [6, 6.07) is 7.79. The Kier molecular flexibility index (Phi) is 6.88. The summed E-state index contributed by atoms with van der Waals surface area (Å²) in [6.07, 6.45) is 1.65. The topological polar surface area (TPSA) is 129 Å². The van der Waals surface area contributed by atoms with Crippen molar-refractivity contribution in [3.63, 3.8) is 0 Å². The molecule has 0 heterocycles. The van der Waals surface area contributed by atoms with Gasteiger partial charge in [0.25, 0.3) is 5.91 Å². The van der Waals surface area contributed by atoms with Crippen LogP contribution < -0.4 is 10.6 Å². The van der Waals surface area contributed by atoms with Gasteiger partial charge in [0.1, 0.15) is 6.42 Å². The predicted octanol–water partition coefficient (Wildman–Crippen LogP) is 0.433. The molecule has 1 aliphatic carbocycles. The van der Waals surface area contributed by atoms with Crippen LogP contribution in [0.1, 0.15) is 29.6 Å². The lowest BCUT2D eigenvalue weighted by Crippen LogP contribution is -2.40. The van der Waals surface area contributed by atoms with Crippen molar-refractivity contribution in [1.82, 2.24) is 10.2 Å². The molecule has 0 radical (unpaired) electrons. The van der Waals surface area contributed by atoms with Gasteiger partial charge < -0.3 is 20.3 Å². The van der Waals surface area contributed by atoms with E-state index >= 15 is 0 Å². The smallest absolute Gasteiger partial charge is 0.338 e. The molecule has 142 valence electrons. The van der Waals surface area contributed by atoms with Gasteiger partial charge in [0.05, 0.1) is 18.2 Å². The molecule has 0 spiro atoms. The summed E-state index contributed by atoms with van der Waals surface area (Å²) >= 11 is 0. The van der Waals surface area contributed by atoms with Gasteiger partial charge in [-0.1, -0.05) is 0 Å². The molecule has 1 fully saturated rings. The highest BCUT2D eigenvalue weighted by molar-refractivity contribution is 5.94. The van der Waals surface area contributed by atoms with Crippen molar-refractivity contribution in [2.24, 2.45) is 0 Å². The fraction of sp³-hybridized carbons (Fsp3) is 0.389. The van der Waals surface area contributed by atoms with E-state index < -0.39 is 24.4 Å². The average molecular weight is 372 g/mol. The van der Waals surface area contributed by atoms with Gasteiger partial charge in [-0.15, -0.1) is 0 Å². The molecule has 0 aliphatic heterocycles. The molecule has 0 unspecified atom stereocenters. The zero-order valence-electron chi connectivity index (χ0n) is 14.9. The molecule has 2 N–H and O–H groups in total. The summed E-state index contributed by atoms with van der Waals surface area (Å²) < 4.78 is 4.95. The Morgan fingerprint density at radius 2 is 1.85 bits per heavy atom. The first-order valence-corrected chi connectivity index (χ1v) is 8.36. The SMILES string of the molecule is CN(CC(=O)NC1CC1)C(=O)COC(=O)c1ccc(NC(=O)CC#N)cc1. The van der Waals surface area contributed by atoms with E-state index in [1.165, 1.54) is 36.2 Å². The van der Waals surface area contributed by atoms with Crippen molar-refractivity contribution in [3.05, 3.63) is 29.8 Å². The highest BCUT2D eigenvalue weighted by Crippen LogP contribution is 2.18. The first-order chi connectivity index (χ1) is 12.9. The molecule has 1 saturated carbocycles. The largest absolute Gasteiger partial charge is 0.452 e. The summed E-state index contributed by atoms with van der Waals surface area (Å²) in [7, 11) is 1.46. The number of rotatable bonds is 8. The van der Waals surface area contributed by atoms with Crippen LogP contribution in [0.4, 0.5) is 5.69 Å². The lowest BCUT2D eigenvalue weighted by Gasteiger charge is -2.16. The quantitative estimate of drug-likeness (QED) is 0.637. The van der Waals surface area contributed by atoms with Crippen LogP contribution in [0.2, 0.25) is 0 Å². The highest BCUT2D eigenvalue weighted by Gasteiger charge is 2.24. The molecule has 27 heavy (non-hydrogen) atoms. The van der Waals surface area contributed by atoms with Gasteiger partial charge in [-0.2, -0.15) is 5.26 Å². The van der Waals surface area contributed by atoms with E-state index in [-0.39, 0.29) is 30.5 Å². The standard InChI is InChI=1S/C18H20N4O5/c1-22(10-16(24)21-14-6-7-14)17(25)11-27-18(26)12-2-4-13(5-3-12)20-15(23)8-9-19/h2-5,14H,6-8,10-11H2,1H3,(H,20,23)(H,21,24). The first-order valence-electron chi connectivity index (χ1n) is 8.36. The third-order valence-corrected chi connectivity index (χ3v) is 3.72. The van der Waals surface area contributed by atoms with E-state index in [2.05, 4.69) is 10.6 Å². The van der Waals surface area contributed by atoms with E-state index in [1.807, 2.05) is 0 Å². The lowest BCUT2D eigenvalue weighted by molar-refractivity contribution is -0.137. The maximum Gasteiger partial charge on any atom is 0.338 e. The van der Waals surface area contributed by atoms with Gasteiger partial charge in [0.2, 0.25) is 11.8 Å². The molecule has 0 atom stereocenters. The van der Waals surface area contributed by atoms with Gasteiger partial charge in [-0.25, -0.2) is 4.79 Å². The molecule has 3 amide bonds. The van der Waals surface area contributed by atoms with E-state index in [4.69, 9.17) is 10.00 Å². The molecular formula is C18H20N4O5. The molecule has 0 saturated heterocycles. The summed E-state index contributed by atoms with van der Waals surface area (Å²) in [5.74, 6) is -1.88. The van der Waals surface area contributed by atoms with Crippen molar-refractivity contribution >= 4 is 29.4 Å². The maximum absolute atomic E-state index is 12.0. The summed E-state index contributed by atoms with van der Waals surface area (Å²) in [5, 5.41) is 13.7. The highest BCUT2D eigenvalue weighted by atomic mass is 16.5. The van der Waals surface area contributed by atoms with Gasteiger partial charge in [0.15, 0.2) is 6.61 Å². The van der Waals surface area contributed by atoms with Crippen LogP contribution in [0.25, 0.3) is 0 Å². The van der Waals surface area contributed by atoms with E-state index in [0.29, 0.717) is 5.69 Å². The van der Waals surface area contributed by atoms with Crippen LogP contribution in [0.5, 0.6) is 0 Å². The minimum Gasteiger partial charge on any atom is -0.452 e. The first kappa shape index (κ1) is 19.9. The number of esters is 1. The molecule has 2 rings (SSSR count). The van der Waals surface area contributed by atoms with Crippen molar-refractivity contribution in [2.45, 2.75) is 25.3 Å². The fourth-order valence-corrected chi connectivity index (χ4v) is 2.09. The fourth-order valence-electron chi connectivity index (χ4n) is 2.09. The van der Waals surface area contributed by atoms with E-state index in [9.17, 15) is 19.2 Å². The minimum atomic E-state index is -0.700. The van der Waals surface area contributed by atoms with Crippen LogP contribution >= 0.6 is 0 Å². The van der Waals surface area contributed by atoms with Crippen molar-refractivity contribution in [3.8, 4) is 6.07 Å². The molecule has 1 aromatic rings. The second-order valence-corrected chi connectivity index (χ2v) is 6.13. The Morgan fingerprint density at radius 1 is 1.19 bits per heavy atom. The lowest BCUT2D eigenvalue weighted by atomic mass is 10.2. The number of likely N-dealkylation sites (N-methyl/N-ethyl adjacent to an activating group) is 1. The third kappa shape index (κ3) is 6.78. The molecular weight excluding hydrogens is 352 g/mol. The Hall–Kier alpha value is -3.41. The van der Waals surface area contributed by atoms with Gasteiger partial charge in [0, 0.05) is 18.8 Å². The Morgan fingerprint density at radius 3 is 2.44 bits per heavy atom. The third-order valence-electron chi connectivity index (χ3n) is 3.72. The molecule has 1 aromatic carbocycles. The number of benzene rings is 1. The van der Waals surface area contributed by atoms with Crippen LogP contribution in [0.3, 0.4) is 0 Å². The van der Waals surface area contributed by atoms with Crippen LogP contribution in [0, 0.1) is 11.3 Å². The van der Waals surface area contributed by atoms with Gasteiger partial charge >= 0.3 is 5.97 Å². The van der Waals surface area contributed by atoms with E-state index in [1.54, 1.807) is 6.07 Å². The second kappa shape index (κ2) is 9.33. The number of ether oxygens (including phenoxy) is 1. The zero-order valence-corrected chi connectivity index (χ0v) is 14.9. The number of amides is 3. The number of hydrogen-bond acceptors (Lipinski definition) is 6. The van der Waals surface area contributed by atoms with Crippen molar-refractivity contribution in [2.75, 3.05) is 25.5 Å². The summed E-state index contributed by atoms with van der Waals surface area (Å²) in [5.41, 5.74) is 0.638. The van der Waals surface area contributed by atoms with Crippen LogP contribution in [-0.2, 0) is 19.1 Å². The molecule has 9 nitrogen and oxygen atoms in total. The number of anilines is 1.